The molecule has 0 aliphatic carbocycles. The molecule has 37 heavy (non-hydrogen) atoms. The van der Waals surface area contributed by atoms with Crippen LogP contribution in [0.15, 0.2) is 52.0 Å². The SMILES string of the molecule is C#CC(=O)NCc1ccn(Cc2cc(OC)c3c(NS(=O)(=O)c4c(OC)cccc4OC)noc3c2)n1. The largest absolute Gasteiger partial charge is 0.496 e. The van der Waals surface area contributed by atoms with Gasteiger partial charge in [0, 0.05) is 6.20 Å². The number of hydrogen-bond acceptors (Lipinski definition) is 9. The molecule has 192 valence electrons. The minimum Gasteiger partial charge on any atom is -0.496 e. The summed E-state index contributed by atoms with van der Waals surface area (Å²) < 4.78 is 52.1. The first-order chi connectivity index (χ1) is 17.8. The normalized spacial score (nSPS) is 11.1. The van der Waals surface area contributed by atoms with E-state index in [-0.39, 0.29) is 28.8 Å². The van der Waals surface area contributed by atoms with Crippen LogP contribution in [0.2, 0.25) is 0 Å². The third-order valence-electron chi connectivity index (χ3n) is 5.30. The van der Waals surface area contributed by atoms with Gasteiger partial charge in [0.25, 0.3) is 15.9 Å². The number of fused-ring (bicyclic) bond motifs is 1. The standard InChI is InChI=1S/C24H23N5O7S/c1-5-21(30)25-13-16-9-10-29(26-16)14-15-11-19(35-4)22-20(12-15)36-27-24(22)28-37(31,32)23-17(33-2)7-6-8-18(23)34-3/h1,6-12H,13-14H2,2-4H3,(H,25,30)(H,27,28). The van der Waals surface area contributed by atoms with Gasteiger partial charge in [-0.3, -0.25) is 14.2 Å². The highest BCUT2D eigenvalue weighted by molar-refractivity contribution is 7.93. The van der Waals surface area contributed by atoms with E-state index >= 15 is 0 Å². The molecule has 13 heteroatoms. The molecule has 0 saturated carbocycles. The van der Waals surface area contributed by atoms with E-state index in [4.69, 9.17) is 25.2 Å². The van der Waals surface area contributed by atoms with Gasteiger partial charge in [0.15, 0.2) is 16.3 Å². The number of aromatic nitrogens is 3. The van der Waals surface area contributed by atoms with Crippen molar-refractivity contribution in [2.75, 3.05) is 26.1 Å². The Morgan fingerprint density at radius 3 is 2.46 bits per heavy atom. The van der Waals surface area contributed by atoms with Gasteiger partial charge in [0.2, 0.25) is 0 Å². The highest BCUT2D eigenvalue weighted by atomic mass is 32.2. The number of carbonyl (C=O) groups excluding carboxylic acids is 1. The summed E-state index contributed by atoms with van der Waals surface area (Å²) in [7, 11) is -0.0156. The molecule has 4 rings (SSSR count). The van der Waals surface area contributed by atoms with Gasteiger partial charge in [-0.1, -0.05) is 11.2 Å². The third-order valence-corrected chi connectivity index (χ3v) is 6.70. The number of nitrogens with zero attached hydrogens (tertiary/aromatic N) is 3. The van der Waals surface area contributed by atoms with Crippen molar-refractivity contribution in [3.05, 3.63) is 53.9 Å². The molecule has 2 N–H and O–H groups in total. The van der Waals surface area contributed by atoms with Crippen molar-refractivity contribution in [2.45, 2.75) is 18.0 Å². The molecule has 4 aromatic rings. The van der Waals surface area contributed by atoms with Crippen molar-refractivity contribution < 1.29 is 31.9 Å². The van der Waals surface area contributed by atoms with Gasteiger partial charge in [0.05, 0.1) is 40.1 Å². The van der Waals surface area contributed by atoms with Crippen LogP contribution >= 0.6 is 0 Å². The summed E-state index contributed by atoms with van der Waals surface area (Å²) in [6.07, 6.45) is 6.79. The van der Waals surface area contributed by atoms with E-state index in [1.54, 1.807) is 35.1 Å². The van der Waals surface area contributed by atoms with Crippen molar-refractivity contribution in [1.29, 1.82) is 0 Å². The van der Waals surface area contributed by atoms with Crippen LogP contribution in [-0.4, -0.2) is 50.6 Å². The molecule has 2 aromatic heterocycles. The molecule has 0 bridgehead atoms. The Morgan fingerprint density at radius 1 is 1.11 bits per heavy atom. The van der Waals surface area contributed by atoms with E-state index in [0.29, 0.717) is 29.0 Å². The first-order valence-corrected chi connectivity index (χ1v) is 12.2. The zero-order chi connectivity index (χ0) is 26.6. The number of benzene rings is 2. The first kappa shape index (κ1) is 25.4. The summed E-state index contributed by atoms with van der Waals surface area (Å²) in [4.78, 5) is 11.1. The van der Waals surface area contributed by atoms with Crippen molar-refractivity contribution >= 4 is 32.7 Å². The van der Waals surface area contributed by atoms with E-state index < -0.39 is 15.9 Å². The topological polar surface area (TPSA) is 147 Å². The zero-order valence-corrected chi connectivity index (χ0v) is 21.0. The smallest absolute Gasteiger partial charge is 0.295 e. The average Bonchev–Trinajstić information content (AvgIpc) is 3.52. The van der Waals surface area contributed by atoms with Crippen LogP contribution in [0.1, 0.15) is 11.3 Å². The van der Waals surface area contributed by atoms with Gasteiger partial charge in [0.1, 0.15) is 22.6 Å². The van der Waals surface area contributed by atoms with E-state index in [1.165, 1.54) is 33.5 Å². The molecule has 0 unspecified atom stereocenters. The van der Waals surface area contributed by atoms with E-state index in [1.807, 2.05) is 5.92 Å². The Labute approximate surface area is 212 Å². The molecular formula is C24H23N5O7S. The van der Waals surface area contributed by atoms with Gasteiger partial charge in [-0.25, -0.2) is 8.42 Å². The van der Waals surface area contributed by atoms with Gasteiger partial charge in [-0.05, 0) is 41.8 Å². The molecule has 0 fully saturated rings. The van der Waals surface area contributed by atoms with Crippen LogP contribution in [0.5, 0.6) is 17.2 Å². The fourth-order valence-electron chi connectivity index (χ4n) is 3.67. The minimum atomic E-state index is -4.19. The van der Waals surface area contributed by atoms with E-state index in [9.17, 15) is 13.2 Å². The summed E-state index contributed by atoms with van der Waals surface area (Å²) in [6, 6.07) is 9.81. The van der Waals surface area contributed by atoms with Crippen LogP contribution in [0.4, 0.5) is 5.82 Å². The quantitative estimate of drug-likeness (QED) is 0.297. The molecule has 12 nitrogen and oxygen atoms in total. The van der Waals surface area contributed by atoms with Crippen molar-refractivity contribution in [2.24, 2.45) is 0 Å². The highest BCUT2D eigenvalue weighted by Gasteiger charge is 2.28. The van der Waals surface area contributed by atoms with Crippen molar-refractivity contribution in [1.82, 2.24) is 20.3 Å². The second-order valence-corrected chi connectivity index (χ2v) is 9.25. The summed E-state index contributed by atoms with van der Waals surface area (Å²) >= 11 is 0. The molecule has 1 amide bonds. The van der Waals surface area contributed by atoms with Gasteiger partial charge < -0.3 is 24.1 Å². The van der Waals surface area contributed by atoms with Crippen molar-refractivity contribution in [3.63, 3.8) is 0 Å². The molecule has 0 saturated heterocycles. The lowest BCUT2D eigenvalue weighted by molar-refractivity contribution is -0.115. The van der Waals surface area contributed by atoms with E-state index in [0.717, 1.165) is 5.56 Å². The number of amides is 1. The molecule has 0 aliphatic heterocycles. The van der Waals surface area contributed by atoms with Crippen LogP contribution in [0.3, 0.4) is 0 Å². The molecule has 2 aromatic carbocycles. The number of nitrogens with one attached hydrogen (secondary N) is 2. The second kappa shape index (κ2) is 10.5. The molecule has 0 radical (unpaired) electrons. The fourth-order valence-corrected chi connectivity index (χ4v) is 5.00. The summed E-state index contributed by atoms with van der Waals surface area (Å²) in [5.74, 6) is 1.94. The molecule has 0 aliphatic rings. The average molecular weight is 526 g/mol. The zero-order valence-electron chi connectivity index (χ0n) is 20.1. The number of hydrogen-bond donors (Lipinski definition) is 2. The Balaban J connectivity index is 1.63. The Bertz CT molecular complexity index is 1580. The van der Waals surface area contributed by atoms with Crippen LogP contribution in [0, 0.1) is 12.3 Å². The maximum Gasteiger partial charge on any atom is 0.295 e. The number of methoxy groups -OCH3 is 3. The first-order valence-electron chi connectivity index (χ1n) is 10.8. The predicted molar refractivity (Wildman–Crippen MR) is 133 cm³/mol. The molecule has 0 atom stereocenters. The lowest BCUT2D eigenvalue weighted by atomic mass is 10.1. The Hall–Kier alpha value is -4.70. The number of sulfonamides is 1. The predicted octanol–water partition coefficient (Wildman–Crippen LogP) is 2.15. The molecular weight excluding hydrogens is 502 g/mol. The second-order valence-electron chi connectivity index (χ2n) is 7.63. The van der Waals surface area contributed by atoms with Gasteiger partial charge in [-0.2, -0.15) is 5.10 Å². The minimum absolute atomic E-state index is 0.0583. The Morgan fingerprint density at radius 2 is 1.81 bits per heavy atom. The maximum atomic E-state index is 13.3. The number of ether oxygens (including phenoxy) is 3. The number of carbonyl (C=O) groups is 1. The third kappa shape index (κ3) is 5.29. The fraction of sp³-hybridized carbons (Fsp3) is 0.208. The lowest BCUT2D eigenvalue weighted by Crippen LogP contribution is -2.20. The monoisotopic (exact) mass is 525 g/mol. The summed E-state index contributed by atoms with van der Waals surface area (Å²) in [6.45, 7) is 0.538. The van der Waals surface area contributed by atoms with Crippen LogP contribution in [-0.2, 0) is 27.9 Å². The highest BCUT2D eigenvalue weighted by Crippen LogP contribution is 2.38. The number of terminal acetylenes is 1. The summed E-state index contributed by atoms with van der Waals surface area (Å²) in [5.41, 5.74) is 1.68. The molecule has 0 spiro atoms. The molecule has 2 heterocycles. The van der Waals surface area contributed by atoms with Crippen LogP contribution < -0.4 is 24.2 Å². The number of anilines is 1. The van der Waals surface area contributed by atoms with Crippen molar-refractivity contribution in [3.8, 4) is 29.6 Å². The van der Waals surface area contributed by atoms with Gasteiger partial charge in [-0.15, -0.1) is 6.42 Å². The van der Waals surface area contributed by atoms with Gasteiger partial charge >= 0.3 is 0 Å². The lowest BCUT2D eigenvalue weighted by Gasteiger charge is -2.14. The maximum absolute atomic E-state index is 13.3. The Kier molecular flexibility index (Phi) is 7.21. The van der Waals surface area contributed by atoms with Crippen LogP contribution in [0.25, 0.3) is 11.0 Å². The number of rotatable bonds is 10. The summed E-state index contributed by atoms with van der Waals surface area (Å²) in [5, 5.41) is 11.2. The van der Waals surface area contributed by atoms with E-state index in [2.05, 4.69) is 20.3 Å².